The van der Waals surface area contributed by atoms with Gasteiger partial charge in [-0.2, -0.15) is 4.98 Å². The van der Waals surface area contributed by atoms with E-state index in [1.54, 1.807) is 19.4 Å². The number of aromatic carboxylic acids is 1. The fourth-order valence-electron chi connectivity index (χ4n) is 4.41. The number of carbonyl (C=O) groups is 1. The van der Waals surface area contributed by atoms with E-state index < -0.39 is 5.97 Å². The van der Waals surface area contributed by atoms with Crippen LogP contribution in [0.2, 0.25) is 0 Å². The Kier molecular flexibility index (Phi) is 6.16. The van der Waals surface area contributed by atoms with E-state index in [9.17, 15) is 9.90 Å². The third-order valence-corrected chi connectivity index (χ3v) is 6.11. The van der Waals surface area contributed by atoms with Gasteiger partial charge in [-0.05, 0) is 79.0 Å². The van der Waals surface area contributed by atoms with Gasteiger partial charge < -0.3 is 14.7 Å². The van der Waals surface area contributed by atoms with Crippen molar-refractivity contribution < 1.29 is 14.6 Å². The van der Waals surface area contributed by atoms with Gasteiger partial charge in [-0.3, -0.25) is 4.98 Å². The normalized spacial score (nSPS) is 15.2. The molecule has 0 amide bonds. The fraction of sp³-hybridized carbons (Fsp3) is 0.320. The SMILES string of the molecule is COc1cccc(N(C)c2ccc3c(c2)CCC[C@H]3CCc2cnccc2C(=O)O)n1. The number of pyridine rings is 2. The molecular weight excluding hydrogens is 390 g/mol. The second-order valence-corrected chi connectivity index (χ2v) is 7.95. The van der Waals surface area contributed by atoms with Crippen LogP contribution in [-0.4, -0.2) is 35.2 Å². The molecule has 1 aliphatic carbocycles. The molecule has 0 unspecified atom stereocenters. The fourth-order valence-corrected chi connectivity index (χ4v) is 4.41. The van der Waals surface area contributed by atoms with Gasteiger partial charge in [0.1, 0.15) is 5.82 Å². The van der Waals surface area contributed by atoms with Crippen molar-refractivity contribution in [1.82, 2.24) is 9.97 Å². The topological polar surface area (TPSA) is 75.5 Å². The lowest BCUT2D eigenvalue weighted by Gasteiger charge is -2.28. The zero-order chi connectivity index (χ0) is 21.8. The quantitative estimate of drug-likeness (QED) is 0.583. The van der Waals surface area contributed by atoms with Gasteiger partial charge in [0, 0.05) is 31.2 Å². The Morgan fingerprint density at radius 3 is 2.94 bits per heavy atom. The highest BCUT2D eigenvalue weighted by atomic mass is 16.5. The van der Waals surface area contributed by atoms with Gasteiger partial charge in [-0.1, -0.05) is 12.1 Å². The number of fused-ring (bicyclic) bond motifs is 1. The highest BCUT2D eigenvalue weighted by Crippen LogP contribution is 2.37. The summed E-state index contributed by atoms with van der Waals surface area (Å²) >= 11 is 0. The van der Waals surface area contributed by atoms with Gasteiger partial charge in [0.05, 0.1) is 12.7 Å². The molecular formula is C25H27N3O3. The summed E-state index contributed by atoms with van der Waals surface area (Å²) in [7, 11) is 3.63. The Morgan fingerprint density at radius 2 is 2.13 bits per heavy atom. The van der Waals surface area contributed by atoms with Gasteiger partial charge in [-0.15, -0.1) is 0 Å². The summed E-state index contributed by atoms with van der Waals surface area (Å²) in [6.07, 6.45) is 8.20. The summed E-state index contributed by atoms with van der Waals surface area (Å²) in [6.45, 7) is 0. The molecule has 0 bridgehead atoms. The average Bonchev–Trinajstić information content (AvgIpc) is 2.82. The minimum atomic E-state index is -0.889. The van der Waals surface area contributed by atoms with Crippen molar-refractivity contribution in [3.05, 3.63) is 77.1 Å². The van der Waals surface area contributed by atoms with E-state index in [1.165, 1.54) is 17.3 Å². The first kappa shape index (κ1) is 20.8. The smallest absolute Gasteiger partial charge is 0.336 e. The van der Waals surface area contributed by atoms with Crippen LogP contribution in [0.15, 0.2) is 54.9 Å². The van der Waals surface area contributed by atoms with E-state index >= 15 is 0 Å². The Morgan fingerprint density at radius 1 is 1.26 bits per heavy atom. The van der Waals surface area contributed by atoms with Crippen LogP contribution in [0.1, 0.15) is 52.2 Å². The highest BCUT2D eigenvalue weighted by Gasteiger charge is 2.22. The molecule has 0 spiro atoms. The minimum absolute atomic E-state index is 0.355. The molecule has 31 heavy (non-hydrogen) atoms. The molecule has 3 aromatic rings. The number of nitrogens with zero attached hydrogens (tertiary/aromatic N) is 3. The van der Waals surface area contributed by atoms with Crippen molar-refractivity contribution in [3.63, 3.8) is 0 Å². The highest BCUT2D eigenvalue weighted by molar-refractivity contribution is 5.89. The standard InChI is InChI=1S/C25H27N3O3/c1-28(23-7-4-8-24(27-23)31-2)20-11-12-21-17(5-3-6-18(21)15-20)9-10-19-16-26-14-13-22(19)25(29)30/h4,7-8,11-17H,3,5-6,9-10H2,1-2H3,(H,29,30)/t17-/m0/s1. The predicted molar refractivity (Wildman–Crippen MR) is 120 cm³/mol. The van der Waals surface area contributed by atoms with Gasteiger partial charge in [0.15, 0.2) is 0 Å². The van der Waals surface area contributed by atoms with Crippen molar-refractivity contribution in [1.29, 1.82) is 0 Å². The number of carboxylic acid groups (broad SMARTS) is 1. The maximum Gasteiger partial charge on any atom is 0.336 e. The molecule has 0 fully saturated rings. The Bertz CT molecular complexity index is 1080. The van der Waals surface area contributed by atoms with E-state index in [2.05, 4.69) is 33.1 Å². The molecule has 160 valence electrons. The average molecular weight is 418 g/mol. The maximum absolute atomic E-state index is 11.5. The molecule has 1 aromatic carbocycles. The lowest BCUT2D eigenvalue weighted by molar-refractivity contribution is 0.0695. The second-order valence-electron chi connectivity index (χ2n) is 7.95. The molecule has 0 saturated heterocycles. The number of methoxy groups -OCH3 is 1. The number of hydrogen-bond donors (Lipinski definition) is 1. The summed E-state index contributed by atoms with van der Waals surface area (Å²) < 4.78 is 5.25. The molecule has 2 heterocycles. The first-order valence-electron chi connectivity index (χ1n) is 10.6. The lowest BCUT2D eigenvalue weighted by Crippen LogP contribution is -2.15. The van der Waals surface area contributed by atoms with Gasteiger partial charge in [0.2, 0.25) is 5.88 Å². The van der Waals surface area contributed by atoms with Crippen LogP contribution in [0, 0.1) is 0 Å². The van der Waals surface area contributed by atoms with E-state index in [0.717, 1.165) is 49.2 Å². The maximum atomic E-state index is 11.5. The zero-order valence-corrected chi connectivity index (χ0v) is 17.9. The molecule has 0 radical (unpaired) electrons. The Balaban J connectivity index is 1.53. The number of aryl methyl sites for hydroxylation is 2. The first-order valence-corrected chi connectivity index (χ1v) is 10.6. The first-order chi connectivity index (χ1) is 15.1. The van der Waals surface area contributed by atoms with E-state index in [1.807, 2.05) is 25.2 Å². The van der Waals surface area contributed by atoms with Crippen LogP contribution in [-0.2, 0) is 12.8 Å². The van der Waals surface area contributed by atoms with Crippen molar-refractivity contribution >= 4 is 17.5 Å². The largest absolute Gasteiger partial charge is 0.481 e. The number of benzene rings is 1. The molecule has 1 atom stereocenters. The van der Waals surface area contributed by atoms with Crippen LogP contribution in [0.5, 0.6) is 5.88 Å². The van der Waals surface area contributed by atoms with Gasteiger partial charge in [-0.25, -0.2) is 4.79 Å². The summed E-state index contributed by atoms with van der Waals surface area (Å²) in [5.41, 5.74) is 5.01. The number of carboxylic acids is 1. The number of anilines is 2. The van der Waals surface area contributed by atoms with E-state index in [0.29, 0.717) is 17.4 Å². The van der Waals surface area contributed by atoms with Crippen LogP contribution in [0.3, 0.4) is 0 Å². The lowest BCUT2D eigenvalue weighted by atomic mass is 9.79. The summed E-state index contributed by atoms with van der Waals surface area (Å²) in [5, 5.41) is 9.42. The number of ether oxygens (including phenoxy) is 1. The van der Waals surface area contributed by atoms with Gasteiger partial charge >= 0.3 is 5.97 Å². The third kappa shape index (κ3) is 4.53. The second kappa shape index (κ2) is 9.16. The molecule has 6 nitrogen and oxygen atoms in total. The van der Waals surface area contributed by atoms with E-state index in [-0.39, 0.29) is 0 Å². The molecule has 4 rings (SSSR count). The van der Waals surface area contributed by atoms with Crippen LogP contribution in [0.25, 0.3) is 0 Å². The molecule has 1 N–H and O–H groups in total. The van der Waals surface area contributed by atoms with Crippen LogP contribution >= 0.6 is 0 Å². The summed E-state index contributed by atoms with van der Waals surface area (Å²) in [5.74, 6) is 0.975. The monoisotopic (exact) mass is 417 g/mol. The summed E-state index contributed by atoms with van der Waals surface area (Å²) in [6, 6.07) is 14.0. The van der Waals surface area contributed by atoms with Crippen molar-refractivity contribution in [2.24, 2.45) is 0 Å². The predicted octanol–water partition coefficient (Wildman–Crippen LogP) is 5.00. The Labute approximate surface area is 182 Å². The Hall–Kier alpha value is -3.41. The molecule has 6 heteroatoms. The van der Waals surface area contributed by atoms with Crippen molar-refractivity contribution in [2.75, 3.05) is 19.1 Å². The molecule has 0 saturated carbocycles. The molecule has 2 aromatic heterocycles. The minimum Gasteiger partial charge on any atom is -0.481 e. The zero-order valence-electron chi connectivity index (χ0n) is 17.9. The molecule has 1 aliphatic rings. The van der Waals surface area contributed by atoms with E-state index in [4.69, 9.17) is 4.74 Å². The van der Waals surface area contributed by atoms with Crippen LogP contribution < -0.4 is 9.64 Å². The number of hydrogen-bond acceptors (Lipinski definition) is 5. The number of aromatic nitrogens is 2. The van der Waals surface area contributed by atoms with Gasteiger partial charge in [0.25, 0.3) is 0 Å². The molecule has 0 aliphatic heterocycles. The third-order valence-electron chi connectivity index (χ3n) is 6.11. The van der Waals surface area contributed by atoms with Crippen molar-refractivity contribution in [3.8, 4) is 5.88 Å². The van der Waals surface area contributed by atoms with Crippen molar-refractivity contribution in [2.45, 2.75) is 38.0 Å². The summed E-state index contributed by atoms with van der Waals surface area (Å²) in [4.78, 5) is 22.2. The number of rotatable bonds is 7. The van der Waals surface area contributed by atoms with Crippen LogP contribution in [0.4, 0.5) is 11.5 Å².